The number of anilines is 1. The predicted molar refractivity (Wildman–Crippen MR) is 119 cm³/mol. The molecule has 30 heavy (non-hydrogen) atoms. The van der Waals surface area contributed by atoms with Crippen LogP contribution in [0.4, 0.5) is 5.69 Å². The molecule has 3 rings (SSSR count). The first kappa shape index (κ1) is 22.6. The van der Waals surface area contributed by atoms with Gasteiger partial charge < -0.3 is 15.1 Å². The van der Waals surface area contributed by atoms with Crippen molar-refractivity contribution < 1.29 is 14.4 Å². The molecule has 1 unspecified atom stereocenters. The predicted octanol–water partition coefficient (Wildman–Crippen LogP) is 4.33. The lowest BCUT2D eigenvalue weighted by Crippen LogP contribution is -2.44. The summed E-state index contributed by atoms with van der Waals surface area (Å²) in [6.07, 6.45) is 5.07. The second kappa shape index (κ2) is 9.38. The quantitative estimate of drug-likeness (QED) is 0.768. The SMILES string of the molecule is CC(C)(C)CC(=O)N1CCCC1C(=O)Nc1ccc(C(=O)N2CCCCC2)c(Cl)c1. The molecule has 2 heterocycles. The van der Waals surface area contributed by atoms with Crippen LogP contribution in [0, 0.1) is 5.41 Å². The molecule has 1 aromatic carbocycles. The van der Waals surface area contributed by atoms with E-state index in [4.69, 9.17) is 11.6 Å². The molecular formula is C23H32ClN3O3. The molecule has 0 saturated carbocycles. The molecule has 1 N–H and O–H groups in total. The standard InChI is InChI=1S/C23H32ClN3O3/c1-23(2,3)15-20(28)27-13-7-8-19(27)21(29)25-16-9-10-17(18(24)14-16)22(30)26-11-5-4-6-12-26/h9-10,14,19H,4-8,11-13,15H2,1-3H3,(H,25,29). The van der Waals surface area contributed by atoms with E-state index in [0.717, 1.165) is 38.8 Å². The fourth-order valence-corrected chi connectivity index (χ4v) is 4.41. The summed E-state index contributed by atoms with van der Waals surface area (Å²) in [4.78, 5) is 41.7. The molecule has 2 aliphatic rings. The third-order valence-corrected chi connectivity index (χ3v) is 5.98. The molecule has 0 bridgehead atoms. The van der Waals surface area contributed by atoms with Crippen LogP contribution in [0.25, 0.3) is 0 Å². The molecule has 0 aromatic heterocycles. The molecule has 1 atom stereocenters. The molecule has 7 heteroatoms. The van der Waals surface area contributed by atoms with Crippen molar-refractivity contribution in [2.45, 2.75) is 65.3 Å². The number of carbonyl (C=O) groups excluding carboxylic acids is 3. The number of nitrogens with zero attached hydrogens (tertiary/aromatic N) is 2. The van der Waals surface area contributed by atoms with Crippen LogP contribution in [0.5, 0.6) is 0 Å². The third kappa shape index (κ3) is 5.54. The Hall–Kier alpha value is -2.08. The van der Waals surface area contributed by atoms with Crippen LogP contribution in [0.15, 0.2) is 18.2 Å². The number of nitrogens with one attached hydrogen (secondary N) is 1. The summed E-state index contributed by atoms with van der Waals surface area (Å²) < 4.78 is 0. The fraction of sp³-hybridized carbons (Fsp3) is 0.609. The molecule has 0 radical (unpaired) electrons. The van der Waals surface area contributed by atoms with Crippen molar-refractivity contribution >= 4 is 35.0 Å². The lowest BCUT2D eigenvalue weighted by Gasteiger charge is -2.28. The number of carbonyl (C=O) groups is 3. The Kier molecular flexibility index (Phi) is 7.06. The van der Waals surface area contributed by atoms with Crippen molar-refractivity contribution in [2.75, 3.05) is 25.0 Å². The Morgan fingerprint density at radius 2 is 1.77 bits per heavy atom. The van der Waals surface area contributed by atoms with Gasteiger partial charge in [-0.25, -0.2) is 0 Å². The number of piperidine rings is 1. The second-order valence-corrected chi connectivity index (χ2v) is 9.93. The average Bonchev–Trinajstić information content (AvgIpc) is 3.17. The van der Waals surface area contributed by atoms with E-state index in [0.29, 0.717) is 35.7 Å². The first-order chi connectivity index (χ1) is 14.2. The number of amides is 3. The minimum absolute atomic E-state index is 0.0145. The topological polar surface area (TPSA) is 69.7 Å². The Balaban J connectivity index is 1.65. The van der Waals surface area contributed by atoms with Crippen molar-refractivity contribution in [3.05, 3.63) is 28.8 Å². The van der Waals surface area contributed by atoms with Crippen molar-refractivity contribution in [3.63, 3.8) is 0 Å². The Labute approximate surface area is 183 Å². The summed E-state index contributed by atoms with van der Waals surface area (Å²) >= 11 is 6.38. The molecule has 2 aliphatic heterocycles. The van der Waals surface area contributed by atoms with E-state index in [2.05, 4.69) is 5.32 Å². The highest BCUT2D eigenvalue weighted by Crippen LogP contribution is 2.27. The first-order valence-corrected chi connectivity index (χ1v) is 11.2. The van der Waals surface area contributed by atoms with Crippen LogP contribution in [-0.2, 0) is 9.59 Å². The van der Waals surface area contributed by atoms with Crippen LogP contribution in [0.3, 0.4) is 0 Å². The van der Waals surface area contributed by atoms with E-state index >= 15 is 0 Å². The highest BCUT2D eigenvalue weighted by Gasteiger charge is 2.35. The zero-order chi connectivity index (χ0) is 21.9. The number of benzene rings is 1. The van der Waals surface area contributed by atoms with E-state index in [1.807, 2.05) is 25.7 Å². The molecule has 1 aromatic rings. The monoisotopic (exact) mass is 433 g/mol. The normalized spacial score (nSPS) is 19.7. The van der Waals surface area contributed by atoms with E-state index < -0.39 is 6.04 Å². The van der Waals surface area contributed by atoms with Crippen LogP contribution in [-0.4, -0.2) is 53.2 Å². The summed E-state index contributed by atoms with van der Waals surface area (Å²) in [5.41, 5.74) is 0.875. The summed E-state index contributed by atoms with van der Waals surface area (Å²) in [5.74, 6) is -0.256. The molecule has 6 nitrogen and oxygen atoms in total. The van der Waals surface area contributed by atoms with E-state index in [1.54, 1.807) is 23.1 Å². The maximum absolute atomic E-state index is 12.8. The van der Waals surface area contributed by atoms with Gasteiger partial charge in [-0.1, -0.05) is 32.4 Å². The van der Waals surface area contributed by atoms with Gasteiger partial charge in [-0.05, 0) is 55.7 Å². The number of hydrogen-bond donors (Lipinski definition) is 1. The largest absolute Gasteiger partial charge is 0.339 e. The average molecular weight is 434 g/mol. The lowest BCUT2D eigenvalue weighted by molar-refractivity contribution is -0.138. The molecule has 2 fully saturated rings. The van der Waals surface area contributed by atoms with E-state index in [-0.39, 0.29) is 23.1 Å². The Morgan fingerprint density at radius 3 is 2.40 bits per heavy atom. The van der Waals surface area contributed by atoms with Crippen LogP contribution < -0.4 is 5.32 Å². The molecule has 0 spiro atoms. The highest BCUT2D eigenvalue weighted by atomic mass is 35.5. The van der Waals surface area contributed by atoms with Gasteiger partial charge in [0.1, 0.15) is 6.04 Å². The van der Waals surface area contributed by atoms with Crippen LogP contribution in [0.1, 0.15) is 69.7 Å². The number of rotatable bonds is 4. The maximum Gasteiger partial charge on any atom is 0.255 e. The van der Waals surface area contributed by atoms with E-state index in [9.17, 15) is 14.4 Å². The van der Waals surface area contributed by atoms with Crippen LogP contribution >= 0.6 is 11.6 Å². The van der Waals surface area contributed by atoms with Gasteiger partial charge in [-0.15, -0.1) is 0 Å². The number of likely N-dealkylation sites (tertiary alicyclic amines) is 2. The van der Waals surface area contributed by atoms with Crippen molar-refractivity contribution in [1.82, 2.24) is 9.80 Å². The van der Waals surface area contributed by atoms with Crippen LogP contribution in [0.2, 0.25) is 5.02 Å². The van der Waals surface area contributed by atoms with Gasteiger partial charge in [0, 0.05) is 31.7 Å². The van der Waals surface area contributed by atoms with E-state index in [1.165, 1.54) is 0 Å². The van der Waals surface area contributed by atoms with Gasteiger partial charge in [-0.2, -0.15) is 0 Å². The van der Waals surface area contributed by atoms with Crippen molar-refractivity contribution in [2.24, 2.45) is 5.41 Å². The smallest absolute Gasteiger partial charge is 0.255 e. The zero-order valence-electron chi connectivity index (χ0n) is 18.2. The fourth-order valence-electron chi connectivity index (χ4n) is 4.15. The van der Waals surface area contributed by atoms with Gasteiger partial charge >= 0.3 is 0 Å². The second-order valence-electron chi connectivity index (χ2n) is 9.52. The van der Waals surface area contributed by atoms with Crippen molar-refractivity contribution in [1.29, 1.82) is 0 Å². The molecule has 164 valence electrons. The molecule has 3 amide bonds. The zero-order valence-corrected chi connectivity index (χ0v) is 18.9. The molecule has 2 saturated heterocycles. The van der Waals surface area contributed by atoms with Gasteiger partial charge in [-0.3, -0.25) is 14.4 Å². The van der Waals surface area contributed by atoms with Gasteiger partial charge in [0.05, 0.1) is 10.6 Å². The number of hydrogen-bond acceptors (Lipinski definition) is 3. The minimum Gasteiger partial charge on any atom is -0.339 e. The minimum atomic E-state index is -0.465. The molecular weight excluding hydrogens is 402 g/mol. The summed E-state index contributed by atoms with van der Waals surface area (Å²) in [6, 6.07) is 4.53. The first-order valence-electron chi connectivity index (χ1n) is 10.8. The molecule has 0 aliphatic carbocycles. The van der Waals surface area contributed by atoms with Gasteiger partial charge in [0.2, 0.25) is 11.8 Å². The highest BCUT2D eigenvalue weighted by molar-refractivity contribution is 6.34. The lowest BCUT2D eigenvalue weighted by atomic mass is 9.91. The van der Waals surface area contributed by atoms with Crippen molar-refractivity contribution in [3.8, 4) is 0 Å². The van der Waals surface area contributed by atoms with Gasteiger partial charge in [0.25, 0.3) is 5.91 Å². The maximum atomic E-state index is 12.8. The number of halogens is 1. The summed E-state index contributed by atoms with van der Waals surface area (Å²) in [6.45, 7) is 8.18. The van der Waals surface area contributed by atoms with Gasteiger partial charge in [0.15, 0.2) is 0 Å². The third-order valence-electron chi connectivity index (χ3n) is 5.67. The Bertz CT molecular complexity index is 812. The summed E-state index contributed by atoms with van der Waals surface area (Å²) in [5, 5.41) is 3.21. The summed E-state index contributed by atoms with van der Waals surface area (Å²) in [7, 11) is 0. The Morgan fingerprint density at radius 1 is 1.07 bits per heavy atom.